The normalized spacial score (nSPS) is 58.9. The van der Waals surface area contributed by atoms with Crippen LogP contribution >= 0.6 is 0 Å². The minimum absolute atomic E-state index is 0.0570. The van der Waals surface area contributed by atoms with Gasteiger partial charge in [-0.1, -0.05) is 20.8 Å². The fourth-order valence-electron chi connectivity index (χ4n) is 7.66. The number of hydrogen-bond acceptors (Lipinski definition) is 4. The molecule has 136 valence electrons. The highest BCUT2D eigenvalue weighted by atomic mass is 16.3. The van der Waals surface area contributed by atoms with E-state index in [0.717, 1.165) is 38.5 Å². The molecule has 4 fully saturated rings. The summed E-state index contributed by atoms with van der Waals surface area (Å²) in [5.41, 5.74) is 0.639. The van der Waals surface area contributed by atoms with Crippen LogP contribution in [-0.4, -0.2) is 27.6 Å². The minimum atomic E-state index is -0.705. The van der Waals surface area contributed by atoms with Crippen LogP contribution in [-0.2, 0) is 0 Å². The summed E-state index contributed by atoms with van der Waals surface area (Å²) in [5.74, 6) is 7.86. The van der Waals surface area contributed by atoms with Crippen LogP contribution in [0.25, 0.3) is 0 Å². The fourth-order valence-corrected chi connectivity index (χ4v) is 7.66. The van der Waals surface area contributed by atoms with Crippen LogP contribution in [0.3, 0.4) is 0 Å². The number of aliphatic hydroxyl groups excluding tert-OH is 1. The van der Waals surface area contributed by atoms with Gasteiger partial charge >= 0.3 is 0 Å². The molecule has 4 aliphatic rings. The van der Waals surface area contributed by atoms with E-state index in [9.17, 15) is 10.2 Å². The summed E-state index contributed by atoms with van der Waals surface area (Å²) >= 11 is 0. The summed E-state index contributed by atoms with van der Waals surface area (Å²) in [6.07, 6.45) is 7.68. The standard InChI is InChI=1S/C20H34N2O2/c1-12-10-14-15-4-5-17(22-21)18(15,2)8-7-16(14)19(3)9-6-13(23)11-20(12,19)24/h12-16,23-24H,4-11,21H2,1-3H3/t12?,13-,14-,15-,16-,18-,19+,20?/m0/s1. The van der Waals surface area contributed by atoms with Crippen LogP contribution in [0.1, 0.15) is 72.1 Å². The SMILES string of the molecule is CC1C[C@H]2[C@@H]3CCC(=NN)[C@@]3(C)CC[C@@H]2[C@@]2(C)CC[C@H](O)CC12O. The monoisotopic (exact) mass is 334 g/mol. The molecule has 0 spiro atoms. The number of nitrogens with zero attached hydrogens (tertiary/aromatic N) is 1. The van der Waals surface area contributed by atoms with Gasteiger partial charge in [0, 0.05) is 17.5 Å². The Balaban J connectivity index is 1.72. The van der Waals surface area contributed by atoms with Crippen molar-refractivity contribution in [3.8, 4) is 0 Å². The van der Waals surface area contributed by atoms with Crippen LogP contribution in [0.2, 0.25) is 0 Å². The number of hydrogen-bond donors (Lipinski definition) is 3. The number of nitrogens with two attached hydrogens (primary N) is 1. The molecule has 2 unspecified atom stereocenters. The van der Waals surface area contributed by atoms with E-state index in [4.69, 9.17) is 5.84 Å². The Kier molecular flexibility index (Phi) is 3.65. The molecule has 4 N–H and O–H groups in total. The molecule has 0 aromatic carbocycles. The average Bonchev–Trinajstić information content (AvgIpc) is 2.87. The van der Waals surface area contributed by atoms with Crippen molar-refractivity contribution in [1.29, 1.82) is 0 Å². The molecule has 0 saturated heterocycles. The van der Waals surface area contributed by atoms with E-state index in [0.29, 0.717) is 24.2 Å². The number of fused-ring (bicyclic) bond motifs is 5. The first-order chi connectivity index (χ1) is 11.3. The highest BCUT2D eigenvalue weighted by Crippen LogP contribution is 2.67. The number of rotatable bonds is 0. The molecule has 0 bridgehead atoms. The van der Waals surface area contributed by atoms with Crippen molar-refractivity contribution in [2.45, 2.75) is 83.8 Å². The maximum Gasteiger partial charge on any atom is 0.0753 e. The molecule has 4 nitrogen and oxygen atoms in total. The van der Waals surface area contributed by atoms with Gasteiger partial charge in [-0.3, -0.25) is 0 Å². The summed E-state index contributed by atoms with van der Waals surface area (Å²) in [7, 11) is 0. The molecule has 0 radical (unpaired) electrons. The zero-order chi connectivity index (χ0) is 17.3. The van der Waals surface area contributed by atoms with Gasteiger partial charge in [-0.2, -0.15) is 5.10 Å². The van der Waals surface area contributed by atoms with Gasteiger partial charge in [-0.25, -0.2) is 0 Å². The number of aliphatic hydroxyl groups is 2. The van der Waals surface area contributed by atoms with E-state index in [2.05, 4.69) is 25.9 Å². The van der Waals surface area contributed by atoms with E-state index in [-0.39, 0.29) is 22.9 Å². The molecule has 0 aromatic heterocycles. The fraction of sp³-hybridized carbons (Fsp3) is 0.950. The Morgan fingerprint density at radius 1 is 1.12 bits per heavy atom. The predicted octanol–water partition coefficient (Wildman–Crippen LogP) is 3.07. The molecule has 0 amide bonds. The third kappa shape index (κ3) is 1.90. The lowest BCUT2D eigenvalue weighted by molar-refractivity contribution is -0.240. The van der Waals surface area contributed by atoms with Gasteiger partial charge in [0.25, 0.3) is 0 Å². The molecule has 0 aromatic rings. The molecule has 0 heterocycles. The second-order valence-electron chi connectivity index (χ2n) is 9.82. The predicted molar refractivity (Wildman–Crippen MR) is 95.4 cm³/mol. The first-order valence-electron chi connectivity index (χ1n) is 9.94. The first-order valence-corrected chi connectivity index (χ1v) is 9.94. The van der Waals surface area contributed by atoms with Crippen molar-refractivity contribution in [1.82, 2.24) is 0 Å². The second-order valence-corrected chi connectivity index (χ2v) is 9.82. The van der Waals surface area contributed by atoms with Crippen LogP contribution < -0.4 is 5.84 Å². The maximum atomic E-state index is 11.6. The summed E-state index contributed by atoms with van der Waals surface area (Å²) in [6.45, 7) is 6.91. The molecule has 4 saturated carbocycles. The van der Waals surface area contributed by atoms with Gasteiger partial charge in [0.1, 0.15) is 0 Å². The Morgan fingerprint density at radius 3 is 2.58 bits per heavy atom. The van der Waals surface area contributed by atoms with Gasteiger partial charge < -0.3 is 16.1 Å². The average molecular weight is 335 g/mol. The smallest absolute Gasteiger partial charge is 0.0753 e. The van der Waals surface area contributed by atoms with Crippen molar-refractivity contribution < 1.29 is 10.2 Å². The van der Waals surface area contributed by atoms with Gasteiger partial charge in [0.15, 0.2) is 0 Å². The quantitative estimate of drug-likeness (QED) is 0.470. The Morgan fingerprint density at radius 2 is 1.88 bits per heavy atom. The molecule has 4 rings (SSSR count). The topological polar surface area (TPSA) is 78.8 Å². The zero-order valence-electron chi connectivity index (χ0n) is 15.5. The van der Waals surface area contributed by atoms with Crippen LogP contribution in [0, 0.1) is 34.5 Å². The minimum Gasteiger partial charge on any atom is -0.393 e. The van der Waals surface area contributed by atoms with Crippen molar-refractivity contribution in [3.05, 3.63) is 0 Å². The van der Waals surface area contributed by atoms with Crippen LogP contribution in [0.4, 0.5) is 0 Å². The highest BCUT2D eigenvalue weighted by molar-refractivity contribution is 5.92. The highest BCUT2D eigenvalue weighted by Gasteiger charge is 2.66. The summed E-state index contributed by atoms with van der Waals surface area (Å²) in [6, 6.07) is 0. The van der Waals surface area contributed by atoms with Crippen molar-refractivity contribution in [3.63, 3.8) is 0 Å². The summed E-state index contributed by atoms with van der Waals surface area (Å²) < 4.78 is 0. The Bertz CT molecular complexity index is 564. The van der Waals surface area contributed by atoms with Gasteiger partial charge in [0.2, 0.25) is 0 Å². The lowest BCUT2D eigenvalue weighted by atomic mass is 9.41. The third-order valence-corrected chi connectivity index (χ3v) is 9.13. The molecule has 4 aliphatic carbocycles. The largest absolute Gasteiger partial charge is 0.393 e. The third-order valence-electron chi connectivity index (χ3n) is 9.13. The van der Waals surface area contributed by atoms with E-state index in [1.165, 1.54) is 12.1 Å². The van der Waals surface area contributed by atoms with Gasteiger partial charge in [0.05, 0.1) is 11.7 Å². The summed E-state index contributed by atoms with van der Waals surface area (Å²) in [5, 5.41) is 26.0. The lowest BCUT2D eigenvalue weighted by Gasteiger charge is -2.65. The molecule has 24 heavy (non-hydrogen) atoms. The Hall–Kier alpha value is -0.610. The molecule has 0 aliphatic heterocycles. The van der Waals surface area contributed by atoms with E-state index < -0.39 is 5.60 Å². The van der Waals surface area contributed by atoms with E-state index >= 15 is 0 Å². The Labute approximate surface area is 145 Å². The van der Waals surface area contributed by atoms with Crippen LogP contribution in [0.5, 0.6) is 0 Å². The van der Waals surface area contributed by atoms with Crippen molar-refractivity contribution in [2.24, 2.45) is 45.4 Å². The molecular weight excluding hydrogens is 300 g/mol. The van der Waals surface area contributed by atoms with E-state index in [1.54, 1.807) is 0 Å². The summed E-state index contributed by atoms with van der Waals surface area (Å²) in [4.78, 5) is 0. The van der Waals surface area contributed by atoms with E-state index in [1.807, 2.05) is 0 Å². The van der Waals surface area contributed by atoms with Crippen molar-refractivity contribution in [2.75, 3.05) is 0 Å². The van der Waals surface area contributed by atoms with Gasteiger partial charge in [-0.05, 0) is 74.0 Å². The number of hydrazone groups is 1. The lowest BCUT2D eigenvalue weighted by Crippen LogP contribution is -2.66. The van der Waals surface area contributed by atoms with Crippen LogP contribution in [0.15, 0.2) is 5.10 Å². The molecule has 4 heteroatoms. The second kappa shape index (κ2) is 5.20. The first kappa shape index (κ1) is 16.8. The zero-order valence-corrected chi connectivity index (χ0v) is 15.5. The molecular formula is C20H34N2O2. The molecule has 8 atom stereocenters. The maximum absolute atomic E-state index is 11.6. The van der Waals surface area contributed by atoms with Gasteiger partial charge in [-0.15, -0.1) is 0 Å². The van der Waals surface area contributed by atoms with Crippen molar-refractivity contribution >= 4 is 5.71 Å².